The molecule has 0 N–H and O–H groups in total. The van der Waals surface area contributed by atoms with Crippen LogP contribution in [0.1, 0.15) is 6.92 Å². The van der Waals surface area contributed by atoms with Crippen LogP contribution in [0.2, 0.25) is 0 Å². The lowest BCUT2D eigenvalue weighted by atomic mass is 10.2. The molecule has 0 amide bonds. The monoisotopic (exact) mass is 250 g/mol. The molecule has 0 aliphatic carbocycles. The average Bonchev–Trinajstić information content (AvgIpc) is 2.70. The molecule has 1 aromatic carbocycles. The van der Waals surface area contributed by atoms with Gasteiger partial charge >= 0.3 is 0 Å². The second kappa shape index (κ2) is 4.98. The molecule has 0 aliphatic heterocycles. The molecule has 4 heteroatoms. The summed E-state index contributed by atoms with van der Waals surface area (Å²) in [6, 6.07) is 5.66. The Kier molecular flexibility index (Phi) is 3.57. The maximum absolute atomic E-state index is 13.7. The zero-order chi connectivity index (χ0) is 13.3. The first-order valence-corrected chi connectivity index (χ1v) is 6.01. The molecular weight excluding hydrogens is 231 g/mol. The molecule has 18 heavy (non-hydrogen) atoms. The Morgan fingerprint density at radius 2 is 2.11 bits per heavy atom. The van der Waals surface area contributed by atoms with Crippen LogP contribution in [-0.2, 0) is 6.54 Å². The summed E-state index contributed by atoms with van der Waals surface area (Å²) in [5, 5.41) is 0.999. The standard InChI is InChI=1S/C14H19FN2O/c1-10(16(2)3)9-17-6-5-11-7-14(18-4)12(15)8-13(11)17/h5-8,10H,9H2,1-4H3. The van der Waals surface area contributed by atoms with E-state index >= 15 is 0 Å². The van der Waals surface area contributed by atoms with Crippen LogP contribution >= 0.6 is 0 Å². The fourth-order valence-electron chi connectivity index (χ4n) is 1.96. The van der Waals surface area contributed by atoms with Gasteiger partial charge in [0.1, 0.15) is 0 Å². The van der Waals surface area contributed by atoms with Gasteiger partial charge < -0.3 is 14.2 Å². The summed E-state index contributed by atoms with van der Waals surface area (Å²) in [4.78, 5) is 2.14. The molecule has 2 rings (SSSR count). The van der Waals surface area contributed by atoms with Gasteiger partial charge in [-0.25, -0.2) is 4.39 Å². The first-order chi connectivity index (χ1) is 8.52. The molecule has 1 unspecified atom stereocenters. The minimum atomic E-state index is -0.317. The van der Waals surface area contributed by atoms with Crippen LogP contribution in [0.15, 0.2) is 24.4 Å². The second-order valence-electron chi connectivity index (χ2n) is 4.83. The van der Waals surface area contributed by atoms with E-state index in [9.17, 15) is 4.39 Å². The molecular formula is C14H19FN2O. The number of aromatic nitrogens is 1. The lowest BCUT2D eigenvalue weighted by Gasteiger charge is -2.20. The Balaban J connectivity index is 2.39. The first kappa shape index (κ1) is 12.9. The van der Waals surface area contributed by atoms with Crippen molar-refractivity contribution in [2.75, 3.05) is 21.2 Å². The summed E-state index contributed by atoms with van der Waals surface area (Å²) < 4.78 is 20.8. The van der Waals surface area contributed by atoms with Crippen molar-refractivity contribution in [2.24, 2.45) is 0 Å². The van der Waals surface area contributed by atoms with Crippen molar-refractivity contribution < 1.29 is 9.13 Å². The molecule has 0 saturated heterocycles. The van der Waals surface area contributed by atoms with Gasteiger partial charge in [-0.2, -0.15) is 0 Å². The van der Waals surface area contributed by atoms with E-state index in [1.807, 2.05) is 26.4 Å². The third kappa shape index (κ3) is 2.34. The lowest BCUT2D eigenvalue weighted by Crippen LogP contribution is -2.28. The highest BCUT2D eigenvalue weighted by atomic mass is 19.1. The van der Waals surface area contributed by atoms with Gasteiger partial charge in [0.15, 0.2) is 11.6 Å². The summed E-state index contributed by atoms with van der Waals surface area (Å²) in [6.45, 7) is 2.98. The SMILES string of the molecule is COc1cc2ccn(CC(C)N(C)C)c2cc1F. The van der Waals surface area contributed by atoms with Gasteiger partial charge in [0.2, 0.25) is 0 Å². The van der Waals surface area contributed by atoms with Crippen molar-refractivity contribution in [3.05, 3.63) is 30.2 Å². The number of hydrogen-bond donors (Lipinski definition) is 0. The predicted molar refractivity (Wildman–Crippen MR) is 71.6 cm³/mol. The van der Waals surface area contributed by atoms with E-state index in [1.54, 1.807) is 6.07 Å². The van der Waals surface area contributed by atoms with Crippen molar-refractivity contribution in [1.29, 1.82) is 0 Å². The highest BCUT2D eigenvalue weighted by Gasteiger charge is 2.11. The van der Waals surface area contributed by atoms with Crippen LogP contribution in [0, 0.1) is 5.82 Å². The minimum Gasteiger partial charge on any atom is -0.494 e. The molecule has 3 nitrogen and oxygen atoms in total. The number of hydrogen-bond acceptors (Lipinski definition) is 2. The van der Waals surface area contributed by atoms with Gasteiger partial charge in [-0.1, -0.05) is 0 Å². The summed E-state index contributed by atoms with van der Waals surface area (Å²) in [7, 11) is 5.56. The van der Waals surface area contributed by atoms with Gasteiger partial charge in [0, 0.05) is 30.2 Å². The van der Waals surface area contributed by atoms with Gasteiger partial charge in [-0.05, 0) is 33.2 Å². The molecule has 0 saturated carbocycles. The molecule has 1 atom stereocenters. The van der Waals surface area contributed by atoms with E-state index in [1.165, 1.54) is 13.2 Å². The van der Waals surface area contributed by atoms with Crippen LogP contribution in [0.25, 0.3) is 10.9 Å². The Morgan fingerprint density at radius 3 is 2.72 bits per heavy atom. The molecule has 2 aromatic rings. The molecule has 0 bridgehead atoms. The number of nitrogens with zero attached hydrogens (tertiary/aromatic N) is 2. The number of fused-ring (bicyclic) bond motifs is 1. The fourth-order valence-corrected chi connectivity index (χ4v) is 1.96. The molecule has 1 aromatic heterocycles. The summed E-state index contributed by atoms with van der Waals surface area (Å²) in [5.41, 5.74) is 0.905. The fraction of sp³-hybridized carbons (Fsp3) is 0.429. The van der Waals surface area contributed by atoms with E-state index in [0.29, 0.717) is 11.8 Å². The number of ether oxygens (including phenoxy) is 1. The van der Waals surface area contributed by atoms with Gasteiger partial charge in [0.05, 0.1) is 12.6 Å². The lowest BCUT2D eigenvalue weighted by molar-refractivity contribution is 0.286. The highest BCUT2D eigenvalue weighted by Crippen LogP contribution is 2.25. The maximum atomic E-state index is 13.7. The zero-order valence-electron chi connectivity index (χ0n) is 11.3. The number of likely N-dealkylation sites (N-methyl/N-ethyl adjacent to an activating group) is 1. The number of halogens is 1. The highest BCUT2D eigenvalue weighted by molar-refractivity contribution is 5.81. The zero-order valence-corrected chi connectivity index (χ0v) is 11.3. The molecule has 0 aliphatic rings. The summed E-state index contributed by atoms with van der Waals surface area (Å²) in [6.07, 6.45) is 1.99. The third-order valence-electron chi connectivity index (χ3n) is 3.39. The van der Waals surface area contributed by atoms with Crippen molar-refractivity contribution in [2.45, 2.75) is 19.5 Å². The molecule has 0 fully saturated rings. The molecule has 98 valence electrons. The molecule has 0 radical (unpaired) electrons. The van der Waals surface area contributed by atoms with Crippen LogP contribution < -0.4 is 4.74 Å². The Labute approximate surface area is 107 Å². The Hall–Kier alpha value is -1.55. The van der Waals surface area contributed by atoms with Crippen molar-refractivity contribution in [3.63, 3.8) is 0 Å². The quantitative estimate of drug-likeness (QED) is 0.830. The van der Waals surface area contributed by atoms with E-state index in [-0.39, 0.29) is 5.82 Å². The van der Waals surface area contributed by atoms with Gasteiger partial charge in [-0.3, -0.25) is 0 Å². The normalized spacial score (nSPS) is 13.2. The third-order valence-corrected chi connectivity index (χ3v) is 3.39. The van der Waals surface area contributed by atoms with E-state index < -0.39 is 0 Å². The predicted octanol–water partition coefficient (Wildman–Crippen LogP) is 2.74. The summed E-state index contributed by atoms with van der Waals surface area (Å²) >= 11 is 0. The first-order valence-electron chi connectivity index (χ1n) is 6.01. The van der Waals surface area contributed by atoms with Gasteiger partial charge in [-0.15, -0.1) is 0 Å². The summed E-state index contributed by atoms with van der Waals surface area (Å²) in [5.74, 6) is -0.0247. The van der Waals surface area contributed by atoms with Crippen molar-refractivity contribution in [3.8, 4) is 5.75 Å². The van der Waals surface area contributed by atoms with E-state index in [2.05, 4.69) is 16.4 Å². The Morgan fingerprint density at radius 1 is 1.39 bits per heavy atom. The van der Waals surface area contributed by atoms with Gasteiger partial charge in [0.25, 0.3) is 0 Å². The smallest absolute Gasteiger partial charge is 0.167 e. The van der Waals surface area contributed by atoms with Crippen LogP contribution in [-0.4, -0.2) is 36.7 Å². The van der Waals surface area contributed by atoms with Crippen molar-refractivity contribution >= 4 is 10.9 Å². The second-order valence-corrected chi connectivity index (χ2v) is 4.83. The number of methoxy groups -OCH3 is 1. The van der Waals surface area contributed by atoms with Crippen LogP contribution in [0.3, 0.4) is 0 Å². The number of benzene rings is 1. The topological polar surface area (TPSA) is 17.4 Å². The van der Waals surface area contributed by atoms with E-state index in [4.69, 9.17) is 4.74 Å². The largest absolute Gasteiger partial charge is 0.494 e. The minimum absolute atomic E-state index is 0.293. The van der Waals surface area contributed by atoms with Crippen LogP contribution in [0.5, 0.6) is 5.75 Å². The van der Waals surface area contributed by atoms with E-state index in [0.717, 1.165) is 17.4 Å². The number of rotatable bonds is 4. The maximum Gasteiger partial charge on any atom is 0.167 e. The van der Waals surface area contributed by atoms with Crippen LogP contribution in [0.4, 0.5) is 4.39 Å². The van der Waals surface area contributed by atoms with Crippen molar-refractivity contribution in [1.82, 2.24) is 9.47 Å². The Bertz CT molecular complexity index is 548. The average molecular weight is 250 g/mol. The molecule has 0 spiro atoms. The molecule has 1 heterocycles.